The average molecular weight is 321 g/mol. The van der Waals surface area contributed by atoms with Crippen molar-refractivity contribution >= 4 is 45.7 Å². The van der Waals surface area contributed by atoms with Crippen molar-refractivity contribution in [3.63, 3.8) is 0 Å². The first-order valence-corrected chi connectivity index (χ1v) is 7.22. The minimum Gasteiger partial charge on any atom is -0.451 e. The first-order chi connectivity index (χ1) is 10.1. The van der Waals surface area contributed by atoms with Gasteiger partial charge in [-0.15, -0.1) is 11.3 Å². The first-order valence-electron chi connectivity index (χ1n) is 5.97. The molecule has 21 heavy (non-hydrogen) atoms. The van der Waals surface area contributed by atoms with Crippen molar-refractivity contribution in [2.45, 2.75) is 0 Å². The number of amides is 2. The van der Waals surface area contributed by atoms with Crippen molar-refractivity contribution < 1.29 is 14.0 Å². The molecule has 0 bridgehead atoms. The van der Waals surface area contributed by atoms with Gasteiger partial charge in [-0.3, -0.25) is 20.4 Å². The van der Waals surface area contributed by atoms with E-state index in [9.17, 15) is 9.59 Å². The predicted molar refractivity (Wildman–Crippen MR) is 80.5 cm³/mol. The van der Waals surface area contributed by atoms with Crippen LogP contribution in [0.2, 0.25) is 5.02 Å². The lowest BCUT2D eigenvalue weighted by Crippen LogP contribution is -2.41. The number of hydrogen-bond donors (Lipinski definition) is 2. The highest BCUT2D eigenvalue weighted by Gasteiger charge is 2.14. The lowest BCUT2D eigenvalue weighted by Gasteiger charge is -2.03. The van der Waals surface area contributed by atoms with Crippen LogP contribution in [-0.2, 0) is 0 Å². The number of rotatable bonds is 2. The minimum absolute atomic E-state index is 0.0961. The Balaban J connectivity index is 1.70. The van der Waals surface area contributed by atoms with Crippen molar-refractivity contribution in [2.75, 3.05) is 0 Å². The van der Waals surface area contributed by atoms with Crippen molar-refractivity contribution in [1.82, 2.24) is 10.9 Å². The molecule has 2 N–H and O–H groups in total. The summed E-state index contributed by atoms with van der Waals surface area (Å²) < 4.78 is 5.39. The molecule has 1 aromatic carbocycles. The Kier molecular flexibility index (Phi) is 3.64. The van der Waals surface area contributed by atoms with Crippen LogP contribution in [0.3, 0.4) is 0 Å². The number of hydrogen-bond acceptors (Lipinski definition) is 4. The van der Waals surface area contributed by atoms with Crippen molar-refractivity contribution in [3.05, 3.63) is 57.4 Å². The molecular weight excluding hydrogens is 312 g/mol. The highest BCUT2D eigenvalue weighted by Crippen LogP contribution is 2.22. The Hall–Kier alpha value is -2.31. The van der Waals surface area contributed by atoms with Gasteiger partial charge in [0.2, 0.25) is 0 Å². The monoisotopic (exact) mass is 320 g/mol. The van der Waals surface area contributed by atoms with Crippen LogP contribution in [0.5, 0.6) is 0 Å². The maximum atomic E-state index is 11.9. The summed E-state index contributed by atoms with van der Waals surface area (Å²) >= 11 is 7.15. The number of furan rings is 1. The van der Waals surface area contributed by atoms with Gasteiger partial charge in [0.1, 0.15) is 5.58 Å². The fourth-order valence-corrected chi connectivity index (χ4v) is 2.57. The zero-order valence-corrected chi connectivity index (χ0v) is 12.1. The number of carbonyl (C=O) groups is 2. The molecule has 7 heteroatoms. The van der Waals surface area contributed by atoms with Crippen LogP contribution in [0.4, 0.5) is 0 Å². The van der Waals surface area contributed by atoms with Crippen LogP contribution in [0, 0.1) is 0 Å². The summed E-state index contributed by atoms with van der Waals surface area (Å²) in [5.41, 5.74) is 5.18. The summed E-state index contributed by atoms with van der Waals surface area (Å²) in [6, 6.07) is 10.0. The summed E-state index contributed by atoms with van der Waals surface area (Å²) in [4.78, 5) is 24.1. The predicted octanol–water partition coefficient (Wildman–Crippen LogP) is 3.22. The molecule has 2 aromatic heterocycles. The zero-order chi connectivity index (χ0) is 14.8. The van der Waals surface area contributed by atoms with Gasteiger partial charge in [-0.05, 0) is 35.7 Å². The molecule has 0 aliphatic rings. The van der Waals surface area contributed by atoms with E-state index in [0.717, 1.165) is 5.39 Å². The van der Waals surface area contributed by atoms with Crippen LogP contribution in [0.15, 0.2) is 46.2 Å². The fourth-order valence-electron chi connectivity index (χ4n) is 1.77. The van der Waals surface area contributed by atoms with Gasteiger partial charge < -0.3 is 4.42 Å². The SMILES string of the molecule is O=C(NNC(=O)c1cccs1)c1cc2cc(Cl)ccc2o1. The Bertz CT molecular complexity index is 811. The Morgan fingerprint density at radius 3 is 2.67 bits per heavy atom. The smallest absolute Gasteiger partial charge is 0.305 e. The number of benzene rings is 1. The first kappa shape index (κ1) is 13.7. The highest BCUT2D eigenvalue weighted by atomic mass is 35.5. The molecule has 0 aliphatic heterocycles. The van der Waals surface area contributed by atoms with E-state index in [0.29, 0.717) is 15.5 Å². The van der Waals surface area contributed by atoms with Crippen LogP contribution < -0.4 is 10.9 Å². The van der Waals surface area contributed by atoms with Crippen molar-refractivity contribution in [2.24, 2.45) is 0 Å². The topological polar surface area (TPSA) is 71.3 Å². The maximum absolute atomic E-state index is 11.9. The van der Waals surface area contributed by atoms with Crippen LogP contribution in [0.1, 0.15) is 20.2 Å². The summed E-state index contributed by atoms with van der Waals surface area (Å²) in [5.74, 6) is -0.816. The maximum Gasteiger partial charge on any atom is 0.305 e. The molecular formula is C14H9ClN2O3S. The third-order valence-electron chi connectivity index (χ3n) is 2.74. The molecule has 5 nitrogen and oxygen atoms in total. The standard InChI is InChI=1S/C14H9ClN2O3S/c15-9-3-4-10-8(6-9)7-11(20-10)13(18)16-17-14(19)12-2-1-5-21-12/h1-7H,(H,16,18)(H,17,19). The van der Waals surface area contributed by atoms with E-state index in [1.54, 1.807) is 41.8 Å². The summed E-state index contributed by atoms with van der Waals surface area (Å²) in [5, 5.41) is 3.05. The molecule has 106 valence electrons. The van der Waals surface area contributed by atoms with E-state index in [2.05, 4.69) is 10.9 Å². The van der Waals surface area contributed by atoms with Gasteiger partial charge in [0.05, 0.1) is 4.88 Å². The van der Waals surface area contributed by atoms with E-state index >= 15 is 0 Å². The third-order valence-corrected chi connectivity index (χ3v) is 3.84. The van der Waals surface area contributed by atoms with Gasteiger partial charge in [0, 0.05) is 10.4 Å². The molecule has 0 saturated heterocycles. The number of carbonyl (C=O) groups excluding carboxylic acids is 2. The lowest BCUT2D eigenvalue weighted by molar-refractivity contribution is 0.0834. The number of fused-ring (bicyclic) bond motifs is 1. The minimum atomic E-state index is -0.535. The molecule has 0 atom stereocenters. The molecule has 2 heterocycles. The Morgan fingerprint density at radius 2 is 1.90 bits per heavy atom. The summed E-state index contributed by atoms with van der Waals surface area (Å²) in [6.07, 6.45) is 0. The molecule has 0 aliphatic carbocycles. The van der Waals surface area contributed by atoms with Gasteiger partial charge in [-0.1, -0.05) is 17.7 Å². The quantitative estimate of drug-likeness (QED) is 0.712. The van der Waals surface area contributed by atoms with Gasteiger partial charge in [0.15, 0.2) is 5.76 Å². The Morgan fingerprint density at radius 1 is 1.10 bits per heavy atom. The third kappa shape index (κ3) is 2.91. The average Bonchev–Trinajstić information content (AvgIpc) is 3.12. The summed E-state index contributed by atoms with van der Waals surface area (Å²) in [7, 11) is 0. The second-order valence-corrected chi connectivity index (χ2v) is 5.56. The van der Waals surface area contributed by atoms with E-state index in [1.807, 2.05) is 0 Å². The zero-order valence-electron chi connectivity index (χ0n) is 10.6. The molecule has 3 rings (SSSR count). The second-order valence-electron chi connectivity index (χ2n) is 4.18. The van der Waals surface area contributed by atoms with E-state index in [-0.39, 0.29) is 11.7 Å². The summed E-state index contributed by atoms with van der Waals surface area (Å²) in [6.45, 7) is 0. The van der Waals surface area contributed by atoms with Gasteiger partial charge >= 0.3 is 5.91 Å². The lowest BCUT2D eigenvalue weighted by atomic mass is 10.2. The number of hydrazine groups is 1. The van der Waals surface area contributed by atoms with Crippen LogP contribution >= 0.6 is 22.9 Å². The molecule has 0 saturated carbocycles. The van der Waals surface area contributed by atoms with E-state index in [1.165, 1.54) is 11.3 Å². The van der Waals surface area contributed by atoms with Gasteiger partial charge in [0.25, 0.3) is 5.91 Å². The largest absolute Gasteiger partial charge is 0.451 e. The Labute approximate surface area is 128 Å². The molecule has 0 radical (unpaired) electrons. The number of halogens is 1. The van der Waals surface area contributed by atoms with Crippen LogP contribution in [-0.4, -0.2) is 11.8 Å². The number of nitrogens with one attached hydrogen (secondary N) is 2. The van der Waals surface area contributed by atoms with E-state index in [4.69, 9.17) is 16.0 Å². The highest BCUT2D eigenvalue weighted by molar-refractivity contribution is 7.12. The molecule has 0 spiro atoms. The van der Waals surface area contributed by atoms with Gasteiger partial charge in [-0.2, -0.15) is 0 Å². The second kappa shape index (κ2) is 5.59. The molecule has 3 aromatic rings. The normalized spacial score (nSPS) is 10.5. The van der Waals surface area contributed by atoms with Crippen LogP contribution in [0.25, 0.3) is 11.0 Å². The van der Waals surface area contributed by atoms with Gasteiger partial charge in [-0.25, -0.2) is 0 Å². The molecule has 2 amide bonds. The van der Waals surface area contributed by atoms with Crippen molar-refractivity contribution in [1.29, 1.82) is 0 Å². The van der Waals surface area contributed by atoms with E-state index < -0.39 is 5.91 Å². The number of thiophene rings is 1. The van der Waals surface area contributed by atoms with Crippen molar-refractivity contribution in [3.8, 4) is 0 Å². The molecule has 0 unspecified atom stereocenters. The fraction of sp³-hybridized carbons (Fsp3) is 0. The molecule has 0 fully saturated rings.